The third-order valence-electron chi connectivity index (χ3n) is 6.95. The van der Waals surface area contributed by atoms with E-state index >= 15 is 0 Å². The highest BCUT2D eigenvalue weighted by atomic mass is 32.2. The van der Waals surface area contributed by atoms with E-state index in [1.54, 1.807) is 13.2 Å². The molecule has 2 atom stereocenters. The standard InChI is InChI=1S/C27H33N7O2S/c1-19-18-33(16-14-28-19)23-11-9-22(10-12-23)30-27-29-17-21-13-15-34(26(21)31-27)20(2)24-7-5-6-8-25(24)32(3)37(4,35)36/h5-13,15,17,19-20,28H,14,16,18H2,1-4H3,(H,29,30,31)/t19-,20?/m0/s1. The van der Waals surface area contributed by atoms with E-state index in [1.807, 2.05) is 48.0 Å². The predicted octanol–water partition coefficient (Wildman–Crippen LogP) is 3.98. The summed E-state index contributed by atoms with van der Waals surface area (Å²) in [4.78, 5) is 11.7. The van der Waals surface area contributed by atoms with Crippen LogP contribution in [-0.2, 0) is 10.0 Å². The van der Waals surface area contributed by atoms with Gasteiger partial charge in [0.1, 0.15) is 5.65 Å². The van der Waals surface area contributed by atoms with Crippen LogP contribution in [0.4, 0.5) is 23.0 Å². The monoisotopic (exact) mass is 519 g/mol. The second-order valence-corrected chi connectivity index (χ2v) is 11.6. The van der Waals surface area contributed by atoms with Gasteiger partial charge in [-0.2, -0.15) is 4.98 Å². The lowest BCUT2D eigenvalue weighted by atomic mass is 10.1. The summed E-state index contributed by atoms with van der Waals surface area (Å²) in [5, 5.41) is 7.71. The van der Waals surface area contributed by atoms with Gasteiger partial charge in [-0.3, -0.25) is 4.31 Å². The minimum absolute atomic E-state index is 0.152. The average molecular weight is 520 g/mol. The van der Waals surface area contributed by atoms with Crippen LogP contribution in [0.5, 0.6) is 0 Å². The molecule has 3 heterocycles. The van der Waals surface area contributed by atoms with Gasteiger partial charge < -0.3 is 20.1 Å². The van der Waals surface area contributed by atoms with Crippen molar-refractivity contribution in [3.63, 3.8) is 0 Å². The molecule has 1 unspecified atom stereocenters. The van der Waals surface area contributed by atoms with Crippen molar-refractivity contribution in [2.24, 2.45) is 0 Å². The maximum Gasteiger partial charge on any atom is 0.232 e. The third kappa shape index (κ3) is 5.26. The highest BCUT2D eigenvalue weighted by molar-refractivity contribution is 7.92. The molecule has 0 aliphatic carbocycles. The van der Waals surface area contributed by atoms with Gasteiger partial charge in [0.05, 0.1) is 18.0 Å². The second-order valence-electron chi connectivity index (χ2n) is 9.63. The average Bonchev–Trinajstić information content (AvgIpc) is 3.31. The van der Waals surface area contributed by atoms with Gasteiger partial charge in [0.15, 0.2) is 0 Å². The first kappa shape index (κ1) is 25.0. The van der Waals surface area contributed by atoms with E-state index in [0.29, 0.717) is 17.7 Å². The number of rotatable bonds is 7. The largest absolute Gasteiger partial charge is 0.369 e. The summed E-state index contributed by atoms with van der Waals surface area (Å²) < 4.78 is 27.8. The molecule has 37 heavy (non-hydrogen) atoms. The van der Waals surface area contributed by atoms with Gasteiger partial charge in [0.2, 0.25) is 16.0 Å². The van der Waals surface area contributed by atoms with Crippen molar-refractivity contribution in [3.8, 4) is 0 Å². The van der Waals surface area contributed by atoms with E-state index in [-0.39, 0.29) is 6.04 Å². The lowest BCUT2D eigenvalue weighted by molar-refractivity contribution is 0.485. The summed E-state index contributed by atoms with van der Waals surface area (Å²) in [7, 11) is -1.82. The molecule has 194 valence electrons. The van der Waals surface area contributed by atoms with Crippen molar-refractivity contribution in [1.82, 2.24) is 19.9 Å². The fourth-order valence-electron chi connectivity index (χ4n) is 4.82. The molecule has 2 aromatic carbocycles. The summed E-state index contributed by atoms with van der Waals surface area (Å²) in [5.41, 5.74) is 4.42. The number of para-hydroxylation sites is 1. The van der Waals surface area contributed by atoms with Crippen LogP contribution in [0, 0.1) is 0 Å². The topological polar surface area (TPSA) is 95.4 Å². The minimum Gasteiger partial charge on any atom is -0.369 e. The SMILES string of the molecule is CC(c1ccccc1N(C)S(C)(=O)=O)n1ccc2cnc(Nc3ccc(N4CCN[C@@H](C)C4)cc3)nc21. The zero-order chi connectivity index (χ0) is 26.2. The number of fused-ring (bicyclic) bond motifs is 1. The first-order valence-electron chi connectivity index (χ1n) is 12.4. The Bertz CT molecular complexity index is 1500. The molecule has 2 N–H and O–H groups in total. The van der Waals surface area contributed by atoms with Crippen LogP contribution in [0.1, 0.15) is 25.5 Å². The van der Waals surface area contributed by atoms with Crippen molar-refractivity contribution in [3.05, 3.63) is 72.6 Å². The first-order valence-corrected chi connectivity index (χ1v) is 14.3. The third-order valence-corrected chi connectivity index (χ3v) is 8.15. The minimum atomic E-state index is -3.40. The van der Waals surface area contributed by atoms with Gasteiger partial charge in [0, 0.05) is 61.9 Å². The van der Waals surface area contributed by atoms with Crippen LogP contribution < -0.4 is 19.8 Å². The van der Waals surface area contributed by atoms with Crippen molar-refractivity contribution in [1.29, 1.82) is 0 Å². The number of hydrogen-bond donors (Lipinski definition) is 2. The fraction of sp³-hybridized carbons (Fsp3) is 0.333. The number of nitrogens with one attached hydrogen (secondary N) is 2. The zero-order valence-electron chi connectivity index (χ0n) is 21.6. The van der Waals surface area contributed by atoms with E-state index in [1.165, 1.54) is 16.2 Å². The number of aromatic nitrogens is 3. The van der Waals surface area contributed by atoms with Gasteiger partial charge in [-0.05, 0) is 55.8 Å². The number of hydrogen-bond acceptors (Lipinski definition) is 7. The van der Waals surface area contributed by atoms with Crippen LogP contribution >= 0.6 is 0 Å². The molecular weight excluding hydrogens is 486 g/mol. The molecule has 10 heteroatoms. The molecule has 1 aliphatic rings. The molecule has 1 fully saturated rings. The fourth-order valence-corrected chi connectivity index (χ4v) is 5.34. The number of benzene rings is 2. The van der Waals surface area contributed by atoms with Gasteiger partial charge in [-0.1, -0.05) is 18.2 Å². The second kappa shape index (κ2) is 10.0. The molecule has 4 aromatic rings. The molecule has 0 radical (unpaired) electrons. The molecule has 0 amide bonds. The highest BCUT2D eigenvalue weighted by Gasteiger charge is 2.21. The Balaban J connectivity index is 1.40. The zero-order valence-corrected chi connectivity index (χ0v) is 22.4. The summed E-state index contributed by atoms with van der Waals surface area (Å²) in [6, 6.07) is 18.2. The van der Waals surface area contributed by atoms with E-state index in [0.717, 1.165) is 41.9 Å². The lowest BCUT2D eigenvalue weighted by Crippen LogP contribution is -2.49. The van der Waals surface area contributed by atoms with Crippen molar-refractivity contribution < 1.29 is 8.42 Å². The first-order chi connectivity index (χ1) is 17.7. The molecule has 0 saturated carbocycles. The Kier molecular flexibility index (Phi) is 6.78. The molecular formula is C27H33N7O2S. The number of anilines is 4. The van der Waals surface area contributed by atoms with Crippen LogP contribution in [0.2, 0.25) is 0 Å². The molecule has 9 nitrogen and oxygen atoms in total. The predicted molar refractivity (Wildman–Crippen MR) is 150 cm³/mol. The van der Waals surface area contributed by atoms with Gasteiger partial charge >= 0.3 is 0 Å². The summed E-state index contributed by atoms with van der Waals surface area (Å²) in [6.45, 7) is 7.22. The smallest absolute Gasteiger partial charge is 0.232 e. The van der Waals surface area contributed by atoms with E-state index in [4.69, 9.17) is 4.98 Å². The van der Waals surface area contributed by atoms with Gasteiger partial charge in [-0.25, -0.2) is 13.4 Å². The lowest BCUT2D eigenvalue weighted by Gasteiger charge is -2.33. The van der Waals surface area contributed by atoms with Crippen LogP contribution in [0.3, 0.4) is 0 Å². The maximum absolute atomic E-state index is 12.2. The number of sulfonamides is 1. The van der Waals surface area contributed by atoms with Crippen LogP contribution in [0.15, 0.2) is 67.0 Å². The van der Waals surface area contributed by atoms with Crippen molar-refractivity contribution >= 4 is 44.1 Å². The normalized spacial score (nSPS) is 17.1. The summed E-state index contributed by atoms with van der Waals surface area (Å²) in [6.07, 6.45) is 4.98. The molecule has 1 aliphatic heterocycles. The summed E-state index contributed by atoms with van der Waals surface area (Å²) >= 11 is 0. The van der Waals surface area contributed by atoms with Crippen molar-refractivity contribution in [2.45, 2.75) is 25.9 Å². The Hall–Kier alpha value is -3.63. The number of nitrogens with zero attached hydrogens (tertiary/aromatic N) is 5. The van der Waals surface area contributed by atoms with E-state index in [2.05, 4.69) is 51.7 Å². The Morgan fingerprint density at radius 3 is 2.62 bits per heavy atom. The number of piperazine rings is 1. The molecule has 0 spiro atoms. The Morgan fingerprint density at radius 2 is 1.89 bits per heavy atom. The summed E-state index contributed by atoms with van der Waals surface area (Å²) in [5.74, 6) is 0.504. The Labute approximate surface area is 218 Å². The highest BCUT2D eigenvalue weighted by Crippen LogP contribution is 2.32. The molecule has 5 rings (SSSR count). The van der Waals surface area contributed by atoms with Gasteiger partial charge in [-0.15, -0.1) is 0 Å². The van der Waals surface area contributed by atoms with Crippen LogP contribution in [0.25, 0.3) is 11.0 Å². The van der Waals surface area contributed by atoms with E-state index < -0.39 is 10.0 Å². The quantitative estimate of drug-likeness (QED) is 0.381. The van der Waals surface area contributed by atoms with E-state index in [9.17, 15) is 8.42 Å². The molecule has 0 bridgehead atoms. The van der Waals surface area contributed by atoms with Crippen LogP contribution in [-0.4, -0.2) is 61.9 Å². The molecule has 1 saturated heterocycles. The van der Waals surface area contributed by atoms with Gasteiger partial charge in [0.25, 0.3) is 0 Å². The Morgan fingerprint density at radius 1 is 1.14 bits per heavy atom. The molecule has 2 aromatic heterocycles. The maximum atomic E-state index is 12.2. The van der Waals surface area contributed by atoms with Crippen molar-refractivity contribution in [2.75, 3.05) is 47.5 Å².